The lowest BCUT2D eigenvalue weighted by atomic mass is 10.1. The van der Waals surface area contributed by atoms with Gasteiger partial charge in [0.1, 0.15) is 5.84 Å². The molecule has 9 nitrogen and oxygen atoms in total. The molecular weight excluding hydrogens is 357 g/mol. The predicted octanol–water partition coefficient (Wildman–Crippen LogP) is 0.958. The van der Waals surface area contributed by atoms with Crippen molar-refractivity contribution in [2.45, 2.75) is 6.42 Å². The normalized spacial score (nSPS) is 17.5. The zero-order valence-electron chi connectivity index (χ0n) is 13.7. The number of aromatic nitrogens is 2. The molecule has 1 saturated heterocycles. The van der Waals surface area contributed by atoms with Crippen molar-refractivity contribution in [2.24, 2.45) is 11.7 Å². The van der Waals surface area contributed by atoms with E-state index in [0.29, 0.717) is 17.1 Å². The highest BCUT2D eigenvalue weighted by atomic mass is 31.2. The summed E-state index contributed by atoms with van der Waals surface area (Å²) in [5.41, 5.74) is 7.20. The molecule has 2 heterocycles. The van der Waals surface area contributed by atoms with Gasteiger partial charge >= 0.3 is 7.60 Å². The van der Waals surface area contributed by atoms with Gasteiger partial charge in [-0.2, -0.15) is 0 Å². The maximum atomic E-state index is 12.1. The Hall–Kier alpha value is -2.61. The molecule has 0 saturated carbocycles. The number of hydrogen-bond acceptors (Lipinski definition) is 5. The van der Waals surface area contributed by atoms with Crippen LogP contribution in [0.15, 0.2) is 36.7 Å². The molecule has 1 amide bonds. The van der Waals surface area contributed by atoms with Crippen LogP contribution in [0.25, 0.3) is 11.4 Å². The van der Waals surface area contributed by atoms with Crippen molar-refractivity contribution in [3.05, 3.63) is 42.2 Å². The Morgan fingerprint density at radius 3 is 2.42 bits per heavy atom. The highest BCUT2D eigenvalue weighted by Crippen LogP contribution is 2.40. The van der Waals surface area contributed by atoms with E-state index in [9.17, 15) is 9.36 Å². The molecule has 0 radical (unpaired) electrons. The van der Waals surface area contributed by atoms with Gasteiger partial charge < -0.3 is 20.4 Å². The van der Waals surface area contributed by atoms with Crippen molar-refractivity contribution in [1.82, 2.24) is 9.97 Å². The summed E-state index contributed by atoms with van der Waals surface area (Å²) in [7, 11) is -4.14. The number of nitrogens with zero attached hydrogens (tertiary/aromatic N) is 3. The van der Waals surface area contributed by atoms with Crippen molar-refractivity contribution in [1.29, 1.82) is 5.41 Å². The number of nitrogens with one attached hydrogen (secondary N) is 1. The van der Waals surface area contributed by atoms with Crippen LogP contribution in [-0.2, 0) is 9.36 Å². The molecule has 1 fully saturated rings. The second-order valence-corrected chi connectivity index (χ2v) is 7.87. The van der Waals surface area contributed by atoms with E-state index in [1.807, 2.05) is 0 Å². The summed E-state index contributed by atoms with van der Waals surface area (Å²) >= 11 is 0. The summed E-state index contributed by atoms with van der Waals surface area (Å²) in [5.74, 6) is -0.151. The number of anilines is 1. The Morgan fingerprint density at radius 2 is 1.88 bits per heavy atom. The number of amidine groups is 1. The molecule has 26 heavy (non-hydrogen) atoms. The molecule has 5 N–H and O–H groups in total. The largest absolute Gasteiger partial charge is 0.384 e. The van der Waals surface area contributed by atoms with E-state index >= 15 is 0 Å². The SMILES string of the molecule is N=C(N)c1cnc(-c2ccc(N3CC(CP(=O)(O)O)CC3=O)cc2)nc1. The van der Waals surface area contributed by atoms with Gasteiger partial charge in [0, 0.05) is 36.6 Å². The third kappa shape index (κ3) is 4.13. The van der Waals surface area contributed by atoms with Crippen LogP contribution < -0.4 is 10.6 Å². The Kier molecular flexibility index (Phi) is 4.86. The molecule has 1 aromatic heterocycles. The molecule has 0 spiro atoms. The molecular formula is C16H18N5O4P. The van der Waals surface area contributed by atoms with E-state index in [4.69, 9.17) is 20.9 Å². The first-order valence-electron chi connectivity index (χ1n) is 7.85. The number of nitrogen functional groups attached to an aromatic ring is 1. The fourth-order valence-electron chi connectivity index (χ4n) is 2.90. The average Bonchev–Trinajstić information content (AvgIpc) is 2.93. The molecule has 2 aromatic rings. The van der Waals surface area contributed by atoms with Crippen molar-refractivity contribution in [3.8, 4) is 11.4 Å². The van der Waals surface area contributed by atoms with Crippen LogP contribution in [0.5, 0.6) is 0 Å². The van der Waals surface area contributed by atoms with Crippen molar-refractivity contribution in [2.75, 3.05) is 17.6 Å². The van der Waals surface area contributed by atoms with Crippen LogP contribution in [0.3, 0.4) is 0 Å². The second kappa shape index (κ2) is 6.95. The summed E-state index contributed by atoms with van der Waals surface area (Å²) in [6.45, 7) is 0.285. The summed E-state index contributed by atoms with van der Waals surface area (Å²) in [6, 6.07) is 7.02. The van der Waals surface area contributed by atoms with Crippen molar-refractivity contribution in [3.63, 3.8) is 0 Å². The van der Waals surface area contributed by atoms with Gasteiger partial charge in [-0.05, 0) is 30.2 Å². The van der Waals surface area contributed by atoms with Crippen molar-refractivity contribution < 1.29 is 19.1 Å². The maximum absolute atomic E-state index is 12.1. The van der Waals surface area contributed by atoms with Crippen LogP contribution >= 0.6 is 7.60 Å². The smallest absolute Gasteiger partial charge is 0.325 e. The minimum atomic E-state index is -4.14. The third-order valence-electron chi connectivity index (χ3n) is 4.10. The van der Waals surface area contributed by atoms with E-state index in [2.05, 4.69) is 9.97 Å². The summed E-state index contributed by atoms with van der Waals surface area (Å²) < 4.78 is 11.1. The Morgan fingerprint density at radius 1 is 1.27 bits per heavy atom. The zero-order valence-corrected chi connectivity index (χ0v) is 14.6. The lowest BCUT2D eigenvalue weighted by Crippen LogP contribution is -2.24. The van der Waals surface area contributed by atoms with Gasteiger partial charge in [-0.25, -0.2) is 9.97 Å². The van der Waals surface area contributed by atoms with E-state index in [-0.39, 0.29) is 36.8 Å². The molecule has 136 valence electrons. The number of nitrogens with two attached hydrogens (primary N) is 1. The molecule has 1 aliphatic rings. The molecule has 3 rings (SSSR count). The standard InChI is InChI=1S/C16H18N5O4P/c17-15(18)12-6-19-16(20-7-12)11-1-3-13(4-2-11)21-8-10(5-14(21)22)9-26(23,24)25/h1-4,6-7,10H,5,8-9H2,(H3,17,18)(H2,23,24,25). The minimum absolute atomic E-state index is 0.107. The monoisotopic (exact) mass is 375 g/mol. The van der Waals surface area contributed by atoms with E-state index in [1.165, 1.54) is 17.3 Å². The van der Waals surface area contributed by atoms with E-state index in [1.54, 1.807) is 24.3 Å². The van der Waals surface area contributed by atoms with E-state index in [0.717, 1.165) is 5.56 Å². The summed E-state index contributed by atoms with van der Waals surface area (Å²) in [4.78, 5) is 40.2. The number of carbonyl (C=O) groups is 1. The van der Waals surface area contributed by atoms with Gasteiger partial charge in [0.15, 0.2) is 5.82 Å². The predicted molar refractivity (Wildman–Crippen MR) is 95.9 cm³/mol. The zero-order chi connectivity index (χ0) is 18.9. The van der Waals surface area contributed by atoms with Gasteiger partial charge in [0.25, 0.3) is 0 Å². The first-order chi connectivity index (χ1) is 12.2. The molecule has 1 unspecified atom stereocenters. The van der Waals surface area contributed by atoms with Gasteiger partial charge in [0.2, 0.25) is 5.91 Å². The van der Waals surface area contributed by atoms with Gasteiger partial charge in [-0.15, -0.1) is 0 Å². The van der Waals surface area contributed by atoms with Crippen LogP contribution in [0.2, 0.25) is 0 Å². The van der Waals surface area contributed by atoms with Gasteiger partial charge in [-0.1, -0.05) is 0 Å². The number of benzene rings is 1. The van der Waals surface area contributed by atoms with Crippen LogP contribution in [0.1, 0.15) is 12.0 Å². The van der Waals surface area contributed by atoms with E-state index < -0.39 is 7.60 Å². The van der Waals surface area contributed by atoms with Gasteiger partial charge in [0.05, 0.1) is 11.7 Å². The summed E-state index contributed by atoms with van der Waals surface area (Å²) in [5, 5.41) is 7.34. The third-order valence-corrected chi connectivity index (χ3v) is 5.09. The van der Waals surface area contributed by atoms with Crippen LogP contribution in [0.4, 0.5) is 5.69 Å². The van der Waals surface area contributed by atoms with Crippen molar-refractivity contribution >= 4 is 25.0 Å². The first-order valence-corrected chi connectivity index (χ1v) is 9.64. The lowest BCUT2D eigenvalue weighted by molar-refractivity contribution is -0.117. The number of amides is 1. The highest BCUT2D eigenvalue weighted by molar-refractivity contribution is 7.51. The molecule has 10 heteroatoms. The molecule has 1 atom stereocenters. The fourth-order valence-corrected chi connectivity index (χ4v) is 3.81. The fraction of sp³-hybridized carbons (Fsp3) is 0.250. The number of rotatable bonds is 5. The minimum Gasteiger partial charge on any atom is -0.384 e. The van der Waals surface area contributed by atoms with Crippen LogP contribution in [0, 0.1) is 11.3 Å². The van der Waals surface area contributed by atoms with Crippen LogP contribution in [-0.4, -0.2) is 44.2 Å². The molecule has 0 aliphatic carbocycles. The summed E-state index contributed by atoms with van der Waals surface area (Å²) in [6.07, 6.45) is 2.77. The number of hydrogen-bond donors (Lipinski definition) is 4. The molecule has 0 bridgehead atoms. The lowest BCUT2D eigenvalue weighted by Gasteiger charge is -2.17. The quantitative estimate of drug-likeness (QED) is 0.345. The Labute approximate surface area is 149 Å². The highest BCUT2D eigenvalue weighted by Gasteiger charge is 2.34. The Balaban J connectivity index is 1.74. The first kappa shape index (κ1) is 18.2. The topological polar surface area (TPSA) is 153 Å². The Bertz CT molecular complexity index is 879. The number of carbonyl (C=O) groups excluding carboxylic acids is 1. The molecule has 1 aliphatic heterocycles. The van der Waals surface area contributed by atoms with Gasteiger partial charge in [-0.3, -0.25) is 14.8 Å². The average molecular weight is 375 g/mol. The maximum Gasteiger partial charge on any atom is 0.325 e. The second-order valence-electron chi connectivity index (χ2n) is 6.18. The molecule has 1 aromatic carbocycles.